The van der Waals surface area contributed by atoms with E-state index in [9.17, 15) is 13.6 Å². The third-order valence-corrected chi connectivity index (χ3v) is 3.19. The molecular weight excluding hydrogens is 254 g/mol. The van der Waals surface area contributed by atoms with Crippen molar-refractivity contribution in [3.05, 3.63) is 35.4 Å². The van der Waals surface area contributed by atoms with E-state index in [1.807, 2.05) is 0 Å². The fourth-order valence-electron chi connectivity index (χ4n) is 2.16. The highest BCUT2D eigenvalue weighted by atomic mass is 19.2. The van der Waals surface area contributed by atoms with Gasteiger partial charge in [-0.2, -0.15) is 0 Å². The summed E-state index contributed by atoms with van der Waals surface area (Å²) in [4.78, 5) is 11.8. The van der Waals surface area contributed by atoms with Crippen molar-refractivity contribution in [1.82, 2.24) is 0 Å². The predicted molar refractivity (Wildman–Crippen MR) is 64.6 cm³/mol. The largest absolute Gasteiger partial charge is 0.460 e. The molecule has 1 fully saturated rings. The van der Waals surface area contributed by atoms with E-state index in [1.54, 1.807) is 6.92 Å². The minimum atomic E-state index is -0.885. The molecule has 3 atom stereocenters. The Balaban J connectivity index is 1.97. The molecule has 1 aromatic carbocycles. The molecule has 2 rings (SSSR count). The van der Waals surface area contributed by atoms with Crippen LogP contribution in [0, 0.1) is 17.6 Å². The second-order valence-electron chi connectivity index (χ2n) is 4.79. The Morgan fingerprint density at radius 2 is 2.21 bits per heavy atom. The lowest BCUT2D eigenvalue weighted by atomic mass is 10.1. The van der Waals surface area contributed by atoms with Crippen LogP contribution in [0.25, 0.3) is 0 Å². The van der Waals surface area contributed by atoms with Crippen molar-refractivity contribution in [2.45, 2.75) is 25.4 Å². The smallest absolute Gasteiger partial charge is 0.309 e. The van der Waals surface area contributed by atoms with Crippen LogP contribution in [0.1, 0.15) is 24.8 Å². The number of ether oxygens (including phenoxy) is 2. The minimum absolute atomic E-state index is 0.251. The molecule has 19 heavy (non-hydrogen) atoms. The highest BCUT2D eigenvalue weighted by Gasteiger charge is 2.47. The topological polar surface area (TPSA) is 35.5 Å². The Bertz CT molecular complexity index is 476. The SMILES string of the molecule is COC[C@H](C)OC(=O)[C@@H]1C[C@H]1c1cccc(F)c1F. The average Bonchev–Trinajstić information content (AvgIpc) is 3.13. The Kier molecular flexibility index (Phi) is 4.14. The number of esters is 1. The zero-order valence-electron chi connectivity index (χ0n) is 10.9. The van der Waals surface area contributed by atoms with Gasteiger partial charge in [0.15, 0.2) is 11.6 Å². The van der Waals surface area contributed by atoms with Crippen LogP contribution in [-0.4, -0.2) is 25.8 Å². The van der Waals surface area contributed by atoms with Gasteiger partial charge < -0.3 is 9.47 Å². The zero-order valence-corrected chi connectivity index (χ0v) is 10.9. The number of carbonyl (C=O) groups excluding carboxylic acids is 1. The molecule has 0 aromatic heterocycles. The van der Waals surface area contributed by atoms with Crippen LogP contribution in [0.5, 0.6) is 0 Å². The van der Waals surface area contributed by atoms with Crippen molar-refractivity contribution in [3.8, 4) is 0 Å². The molecule has 0 aliphatic heterocycles. The van der Waals surface area contributed by atoms with Gasteiger partial charge in [0.1, 0.15) is 6.10 Å². The minimum Gasteiger partial charge on any atom is -0.460 e. The first-order valence-corrected chi connectivity index (χ1v) is 6.18. The van der Waals surface area contributed by atoms with Crippen LogP contribution >= 0.6 is 0 Å². The molecular formula is C14H16F2O3. The second-order valence-corrected chi connectivity index (χ2v) is 4.79. The lowest BCUT2D eigenvalue weighted by molar-refractivity contribution is -0.152. The first-order chi connectivity index (χ1) is 9.04. The predicted octanol–water partition coefficient (Wildman–Crippen LogP) is 2.65. The highest BCUT2D eigenvalue weighted by molar-refractivity contribution is 5.77. The Labute approximate surface area is 110 Å². The lowest BCUT2D eigenvalue weighted by Crippen LogP contribution is -2.21. The van der Waals surface area contributed by atoms with E-state index in [0.717, 1.165) is 6.07 Å². The van der Waals surface area contributed by atoms with E-state index in [1.165, 1.54) is 19.2 Å². The summed E-state index contributed by atoms with van der Waals surface area (Å²) in [7, 11) is 1.52. The first-order valence-electron chi connectivity index (χ1n) is 6.18. The fourth-order valence-corrected chi connectivity index (χ4v) is 2.16. The number of hydrogen-bond acceptors (Lipinski definition) is 3. The normalized spacial score (nSPS) is 22.9. The summed E-state index contributed by atoms with van der Waals surface area (Å²) in [5.41, 5.74) is 0.251. The van der Waals surface area contributed by atoms with Crippen molar-refractivity contribution in [3.63, 3.8) is 0 Å². The van der Waals surface area contributed by atoms with Crippen LogP contribution in [0.2, 0.25) is 0 Å². The van der Waals surface area contributed by atoms with E-state index in [0.29, 0.717) is 13.0 Å². The van der Waals surface area contributed by atoms with Gasteiger partial charge in [0.25, 0.3) is 0 Å². The molecule has 0 N–H and O–H groups in total. The van der Waals surface area contributed by atoms with Gasteiger partial charge >= 0.3 is 5.97 Å². The van der Waals surface area contributed by atoms with Gasteiger partial charge in [-0.15, -0.1) is 0 Å². The van der Waals surface area contributed by atoms with E-state index in [-0.39, 0.29) is 29.5 Å². The molecule has 0 radical (unpaired) electrons. The fraction of sp³-hybridized carbons (Fsp3) is 0.500. The second kappa shape index (κ2) is 5.65. The van der Waals surface area contributed by atoms with Gasteiger partial charge in [0.2, 0.25) is 0 Å². The molecule has 104 valence electrons. The summed E-state index contributed by atoms with van der Waals surface area (Å²) in [6.07, 6.45) is 0.162. The molecule has 0 amide bonds. The quantitative estimate of drug-likeness (QED) is 0.772. The Morgan fingerprint density at radius 3 is 2.89 bits per heavy atom. The molecule has 5 heteroatoms. The number of methoxy groups -OCH3 is 1. The van der Waals surface area contributed by atoms with Crippen LogP contribution in [-0.2, 0) is 14.3 Å². The summed E-state index contributed by atoms with van der Waals surface area (Å²) >= 11 is 0. The third kappa shape index (κ3) is 3.10. The summed E-state index contributed by atoms with van der Waals surface area (Å²) in [5.74, 6) is -2.79. The van der Waals surface area contributed by atoms with E-state index < -0.39 is 11.6 Å². The van der Waals surface area contributed by atoms with Crippen molar-refractivity contribution in [2.75, 3.05) is 13.7 Å². The maximum absolute atomic E-state index is 13.6. The zero-order chi connectivity index (χ0) is 14.0. The highest BCUT2D eigenvalue weighted by Crippen LogP contribution is 2.49. The van der Waals surface area contributed by atoms with Gasteiger partial charge in [0.05, 0.1) is 12.5 Å². The van der Waals surface area contributed by atoms with Gasteiger partial charge in [0, 0.05) is 13.0 Å². The maximum Gasteiger partial charge on any atom is 0.309 e. The van der Waals surface area contributed by atoms with E-state index in [2.05, 4.69) is 0 Å². The number of halogens is 2. The van der Waals surface area contributed by atoms with Crippen LogP contribution < -0.4 is 0 Å². The first kappa shape index (κ1) is 13.9. The van der Waals surface area contributed by atoms with Gasteiger partial charge in [-0.25, -0.2) is 8.78 Å². The van der Waals surface area contributed by atoms with Crippen molar-refractivity contribution in [1.29, 1.82) is 0 Å². The molecule has 0 bridgehead atoms. The molecule has 1 aromatic rings. The number of rotatable bonds is 5. The summed E-state index contributed by atoms with van der Waals surface area (Å²) in [6, 6.07) is 4.02. The van der Waals surface area contributed by atoms with Gasteiger partial charge in [-0.3, -0.25) is 4.79 Å². The van der Waals surface area contributed by atoms with Crippen molar-refractivity contribution in [2.24, 2.45) is 5.92 Å². The number of carbonyl (C=O) groups is 1. The Morgan fingerprint density at radius 1 is 1.47 bits per heavy atom. The summed E-state index contributed by atoms with van der Waals surface area (Å²) in [6.45, 7) is 2.04. The van der Waals surface area contributed by atoms with E-state index in [4.69, 9.17) is 9.47 Å². The monoisotopic (exact) mass is 270 g/mol. The maximum atomic E-state index is 13.6. The van der Waals surface area contributed by atoms with E-state index >= 15 is 0 Å². The van der Waals surface area contributed by atoms with Gasteiger partial charge in [-0.05, 0) is 25.0 Å². The molecule has 1 aliphatic carbocycles. The van der Waals surface area contributed by atoms with Crippen molar-refractivity contribution < 1.29 is 23.0 Å². The van der Waals surface area contributed by atoms with Crippen LogP contribution in [0.15, 0.2) is 18.2 Å². The molecule has 3 nitrogen and oxygen atoms in total. The number of benzene rings is 1. The Hall–Kier alpha value is -1.49. The molecule has 1 aliphatic rings. The molecule has 0 unspecified atom stereocenters. The third-order valence-electron chi connectivity index (χ3n) is 3.19. The summed E-state index contributed by atoms with van der Waals surface area (Å²) in [5, 5.41) is 0. The van der Waals surface area contributed by atoms with Gasteiger partial charge in [-0.1, -0.05) is 12.1 Å². The standard InChI is InChI=1S/C14H16F2O3/c1-8(7-18-2)19-14(17)11-6-10(11)9-4-3-5-12(15)13(9)16/h3-5,8,10-11H,6-7H2,1-2H3/t8-,10-,11+/m0/s1. The molecule has 0 spiro atoms. The molecule has 1 saturated carbocycles. The van der Waals surface area contributed by atoms with Crippen LogP contribution in [0.3, 0.4) is 0 Å². The van der Waals surface area contributed by atoms with Crippen LogP contribution in [0.4, 0.5) is 8.78 Å². The summed E-state index contributed by atoms with van der Waals surface area (Å²) < 4.78 is 36.7. The molecule has 0 heterocycles. The number of hydrogen-bond donors (Lipinski definition) is 0. The molecule has 0 saturated heterocycles. The van der Waals surface area contributed by atoms with Crippen molar-refractivity contribution >= 4 is 5.97 Å². The lowest BCUT2D eigenvalue weighted by Gasteiger charge is -2.12. The average molecular weight is 270 g/mol.